The summed E-state index contributed by atoms with van der Waals surface area (Å²) >= 11 is 8.88. The van der Waals surface area contributed by atoms with Gasteiger partial charge in [0.25, 0.3) is 0 Å². The van der Waals surface area contributed by atoms with E-state index in [0.717, 1.165) is 21.3 Å². The number of amides is 1. The number of hydrogen-bond donors (Lipinski definition) is 2. The summed E-state index contributed by atoms with van der Waals surface area (Å²) in [7, 11) is 0. The summed E-state index contributed by atoms with van der Waals surface area (Å²) in [6.45, 7) is 3.72. The fourth-order valence-corrected chi connectivity index (χ4v) is 4.23. The van der Waals surface area contributed by atoms with E-state index in [1.807, 2.05) is 56.3 Å². The number of para-hydroxylation sites is 1. The minimum Gasteiger partial charge on any atom is -0.330 e. The van der Waals surface area contributed by atoms with E-state index in [2.05, 4.69) is 20.8 Å². The van der Waals surface area contributed by atoms with E-state index in [0.29, 0.717) is 10.2 Å². The lowest BCUT2D eigenvalue weighted by Crippen LogP contribution is -2.22. The number of benzene rings is 2. The number of rotatable bonds is 6. The lowest BCUT2D eigenvalue weighted by atomic mass is 10.2. The molecule has 0 bridgehead atoms. The van der Waals surface area contributed by atoms with Crippen molar-refractivity contribution in [3.05, 3.63) is 59.1 Å². The Balaban J connectivity index is 1.60. The highest BCUT2D eigenvalue weighted by Gasteiger charge is 2.18. The molecule has 1 heterocycles. The molecule has 0 spiro atoms. The first-order valence-electron chi connectivity index (χ1n) is 7.91. The number of nitrogens with one attached hydrogen (secondary N) is 2. The zero-order valence-electron chi connectivity index (χ0n) is 14.2. The van der Waals surface area contributed by atoms with Crippen molar-refractivity contribution in [1.29, 1.82) is 0 Å². The maximum atomic E-state index is 12.4. The highest BCUT2D eigenvalue weighted by atomic mass is 35.5. The lowest BCUT2D eigenvalue weighted by Gasteiger charge is -2.12. The SMILES string of the molecule is Cc1c(Cl)cccc1NC(=O)[C@@H](C)Sc1nnc(Nc2ccccc2)s1. The summed E-state index contributed by atoms with van der Waals surface area (Å²) in [6, 6.07) is 15.2. The zero-order valence-corrected chi connectivity index (χ0v) is 16.6. The normalized spacial score (nSPS) is 11.8. The molecule has 0 aliphatic heterocycles. The summed E-state index contributed by atoms with van der Waals surface area (Å²) in [4.78, 5) is 12.4. The number of carbonyl (C=O) groups is 1. The van der Waals surface area contributed by atoms with Crippen LogP contribution in [0.2, 0.25) is 5.02 Å². The monoisotopic (exact) mass is 404 g/mol. The third-order valence-corrected chi connectivity index (χ3v) is 6.04. The van der Waals surface area contributed by atoms with Gasteiger partial charge in [-0.05, 0) is 43.7 Å². The first kappa shape index (κ1) is 18.7. The van der Waals surface area contributed by atoms with E-state index >= 15 is 0 Å². The van der Waals surface area contributed by atoms with Gasteiger partial charge < -0.3 is 10.6 Å². The average Bonchev–Trinajstić information content (AvgIpc) is 3.06. The Kier molecular flexibility index (Phi) is 6.13. The Bertz CT molecular complexity index is 901. The second kappa shape index (κ2) is 8.53. The van der Waals surface area contributed by atoms with Gasteiger partial charge in [0, 0.05) is 16.4 Å². The third kappa shape index (κ3) is 4.75. The zero-order chi connectivity index (χ0) is 18.5. The van der Waals surface area contributed by atoms with Crippen molar-refractivity contribution < 1.29 is 4.79 Å². The molecule has 0 aliphatic rings. The molecule has 2 aromatic carbocycles. The summed E-state index contributed by atoms with van der Waals surface area (Å²) in [6.07, 6.45) is 0. The van der Waals surface area contributed by atoms with E-state index < -0.39 is 0 Å². The van der Waals surface area contributed by atoms with Crippen molar-refractivity contribution in [2.75, 3.05) is 10.6 Å². The highest BCUT2D eigenvalue weighted by molar-refractivity contribution is 8.02. The Labute approximate surface area is 165 Å². The van der Waals surface area contributed by atoms with Crippen LogP contribution >= 0.6 is 34.7 Å². The molecule has 0 unspecified atom stereocenters. The molecule has 1 aromatic heterocycles. The Morgan fingerprint density at radius 3 is 2.69 bits per heavy atom. The minimum absolute atomic E-state index is 0.104. The summed E-state index contributed by atoms with van der Waals surface area (Å²) in [5.74, 6) is -0.104. The number of aromatic nitrogens is 2. The molecule has 5 nitrogen and oxygen atoms in total. The largest absolute Gasteiger partial charge is 0.330 e. The van der Waals surface area contributed by atoms with Gasteiger partial charge in [-0.1, -0.05) is 59.0 Å². The Morgan fingerprint density at radius 2 is 1.92 bits per heavy atom. The second-order valence-corrected chi connectivity index (χ2v) is 8.50. The summed E-state index contributed by atoms with van der Waals surface area (Å²) in [5.41, 5.74) is 2.52. The molecule has 0 radical (unpaired) electrons. The molecule has 3 aromatic rings. The summed E-state index contributed by atoms with van der Waals surface area (Å²) in [5, 5.41) is 15.4. The maximum absolute atomic E-state index is 12.4. The lowest BCUT2D eigenvalue weighted by molar-refractivity contribution is -0.115. The van der Waals surface area contributed by atoms with Crippen molar-refractivity contribution in [1.82, 2.24) is 10.2 Å². The molecular formula is C18H17ClN4OS2. The van der Waals surface area contributed by atoms with E-state index in [4.69, 9.17) is 11.6 Å². The molecule has 2 N–H and O–H groups in total. The smallest absolute Gasteiger partial charge is 0.237 e. The minimum atomic E-state index is -0.314. The predicted molar refractivity (Wildman–Crippen MR) is 110 cm³/mol. The van der Waals surface area contributed by atoms with Crippen LogP contribution in [-0.2, 0) is 4.79 Å². The first-order valence-corrected chi connectivity index (χ1v) is 9.98. The molecule has 8 heteroatoms. The fraction of sp³-hybridized carbons (Fsp3) is 0.167. The summed E-state index contributed by atoms with van der Waals surface area (Å²) < 4.78 is 0.730. The molecule has 0 saturated heterocycles. The van der Waals surface area contributed by atoms with Gasteiger partial charge in [-0.3, -0.25) is 4.79 Å². The van der Waals surface area contributed by atoms with Crippen LogP contribution in [0.5, 0.6) is 0 Å². The van der Waals surface area contributed by atoms with E-state index in [1.54, 1.807) is 6.07 Å². The van der Waals surface area contributed by atoms with Gasteiger partial charge in [-0.25, -0.2) is 0 Å². The van der Waals surface area contributed by atoms with E-state index in [-0.39, 0.29) is 11.2 Å². The molecule has 1 atom stereocenters. The Morgan fingerprint density at radius 1 is 1.15 bits per heavy atom. The number of anilines is 3. The van der Waals surface area contributed by atoms with Gasteiger partial charge in [0.2, 0.25) is 11.0 Å². The molecule has 0 fully saturated rings. The molecule has 134 valence electrons. The molecular weight excluding hydrogens is 388 g/mol. The number of hydrogen-bond acceptors (Lipinski definition) is 6. The van der Waals surface area contributed by atoms with Gasteiger partial charge in [-0.2, -0.15) is 0 Å². The van der Waals surface area contributed by atoms with Crippen molar-refractivity contribution >= 4 is 57.1 Å². The van der Waals surface area contributed by atoms with Gasteiger partial charge in [0.1, 0.15) is 0 Å². The highest BCUT2D eigenvalue weighted by Crippen LogP contribution is 2.31. The number of nitrogens with zero attached hydrogens (tertiary/aromatic N) is 2. The molecule has 26 heavy (non-hydrogen) atoms. The van der Waals surface area contributed by atoms with Crippen LogP contribution in [0.15, 0.2) is 52.9 Å². The maximum Gasteiger partial charge on any atom is 0.237 e. The predicted octanol–water partition coefficient (Wildman–Crippen LogP) is 5.36. The van der Waals surface area contributed by atoms with Crippen molar-refractivity contribution in [2.24, 2.45) is 0 Å². The van der Waals surface area contributed by atoms with Crippen molar-refractivity contribution in [3.8, 4) is 0 Å². The average molecular weight is 405 g/mol. The topological polar surface area (TPSA) is 66.9 Å². The number of thioether (sulfide) groups is 1. The Hall–Kier alpha value is -2.09. The molecule has 0 saturated carbocycles. The fourth-order valence-electron chi connectivity index (χ4n) is 2.13. The van der Waals surface area contributed by atoms with Crippen LogP contribution < -0.4 is 10.6 Å². The van der Waals surface area contributed by atoms with Crippen LogP contribution in [0.3, 0.4) is 0 Å². The van der Waals surface area contributed by atoms with Crippen molar-refractivity contribution in [2.45, 2.75) is 23.4 Å². The van der Waals surface area contributed by atoms with E-state index in [9.17, 15) is 4.79 Å². The second-order valence-electron chi connectivity index (χ2n) is 5.53. The molecule has 1 amide bonds. The van der Waals surface area contributed by atoms with Crippen LogP contribution in [-0.4, -0.2) is 21.4 Å². The standard InChI is InChI=1S/C18H17ClN4OS2/c1-11-14(19)9-6-10-15(11)21-16(24)12(2)25-18-23-22-17(26-18)20-13-7-4-3-5-8-13/h3-10,12H,1-2H3,(H,20,22)(H,21,24)/t12-/m1/s1. The van der Waals surface area contributed by atoms with Crippen LogP contribution in [0, 0.1) is 6.92 Å². The molecule has 3 rings (SSSR count). The van der Waals surface area contributed by atoms with Crippen molar-refractivity contribution in [3.63, 3.8) is 0 Å². The number of halogens is 1. The van der Waals surface area contributed by atoms with Gasteiger partial charge in [0.15, 0.2) is 4.34 Å². The van der Waals surface area contributed by atoms with Gasteiger partial charge in [-0.15, -0.1) is 10.2 Å². The van der Waals surface area contributed by atoms with Crippen LogP contribution in [0.25, 0.3) is 0 Å². The quantitative estimate of drug-likeness (QED) is 0.541. The third-order valence-electron chi connectivity index (χ3n) is 3.60. The van der Waals surface area contributed by atoms with E-state index in [1.165, 1.54) is 23.1 Å². The van der Waals surface area contributed by atoms with Gasteiger partial charge in [0.05, 0.1) is 5.25 Å². The van der Waals surface area contributed by atoms with Gasteiger partial charge >= 0.3 is 0 Å². The number of carbonyl (C=O) groups excluding carboxylic acids is 1. The van der Waals surface area contributed by atoms with Crippen LogP contribution in [0.4, 0.5) is 16.5 Å². The first-order chi connectivity index (χ1) is 12.5. The van der Waals surface area contributed by atoms with Crippen LogP contribution in [0.1, 0.15) is 12.5 Å². The molecule has 0 aliphatic carbocycles.